The van der Waals surface area contributed by atoms with Gasteiger partial charge in [0.2, 0.25) is 0 Å². The molecule has 1 aliphatic heterocycles. The maximum absolute atomic E-state index is 12.3. The van der Waals surface area contributed by atoms with Crippen molar-refractivity contribution in [3.05, 3.63) is 35.4 Å². The molecule has 4 nitrogen and oxygen atoms in total. The van der Waals surface area contributed by atoms with Crippen molar-refractivity contribution in [2.24, 2.45) is 0 Å². The zero-order valence-corrected chi connectivity index (χ0v) is 9.93. The summed E-state index contributed by atoms with van der Waals surface area (Å²) in [5, 5.41) is 9.30. The van der Waals surface area contributed by atoms with Gasteiger partial charge in [-0.2, -0.15) is 0 Å². The fourth-order valence-corrected chi connectivity index (χ4v) is 2.23. The molecule has 1 N–H and O–H groups in total. The topological polar surface area (TPSA) is 49.8 Å². The number of hydrogen-bond donors (Lipinski definition) is 1. The Bertz CT molecular complexity index is 405. The fourth-order valence-electron chi connectivity index (χ4n) is 2.23. The van der Waals surface area contributed by atoms with Crippen LogP contribution in [0.5, 0.6) is 0 Å². The largest absolute Gasteiger partial charge is 0.394 e. The minimum Gasteiger partial charge on any atom is -0.394 e. The standard InChI is InChI=1S/C13H17NO3/c1-17-9-11(8-15)14-7-6-10-4-2-3-5-12(10)13(14)16/h2-5,11,15H,6-9H2,1H3. The van der Waals surface area contributed by atoms with Gasteiger partial charge in [0.1, 0.15) is 0 Å². The number of carbonyl (C=O) groups excluding carboxylic acids is 1. The number of nitrogens with zero attached hydrogens (tertiary/aromatic N) is 1. The van der Waals surface area contributed by atoms with Crippen molar-refractivity contribution in [1.82, 2.24) is 4.90 Å². The number of amides is 1. The van der Waals surface area contributed by atoms with Gasteiger partial charge < -0.3 is 14.7 Å². The molecule has 4 heteroatoms. The van der Waals surface area contributed by atoms with Crippen molar-refractivity contribution >= 4 is 5.91 Å². The van der Waals surface area contributed by atoms with Gasteiger partial charge >= 0.3 is 0 Å². The van der Waals surface area contributed by atoms with Crippen molar-refractivity contribution in [2.45, 2.75) is 12.5 Å². The predicted octanol–water partition coefficient (Wildman–Crippen LogP) is 0.692. The molecule has 1 atom stereocenters. The Hall–Kier alpha value is -1.39. The van der Waals surface area contributed by atoms with Gasteiger partial charge in [-0.25, -0.2) is 0 Å². The van der Waals surface area contributed by atoms with Crippen LogP contribution in [0.25, 0.3) is 0 Å². The second-order valence-corrected chi connectivity index (χ2v) is 4.20. The number of hydrogen-bond acceptors (Lipinski definition) is 3. The van der Waals surface area contributed by atoms with E-state index in [0.29, 0.717) is 13.2 Å². The first-order valence-electron chi connectivity index (χ1n) is 5.76. The predicted molar refractivity (Wildman–Crippen MR) is 63.9 cm³/mol. The number of fused-ring (bicyclic) bond motifs is 1. The highest BCUT2D eigenvalue weighted by Gasteiger charge is 2.29. The van der Waals surface area contributed by atoms with Crippen LogP contribution < -0.4 is 0 Å². The molecule has 92 valence electrons. The number of aliphatic hydroxyl groups excluding tert-OH is 1. The number of carbonyl (C=O) groups is 1. The molecule has 17 heavy (non-hydrogen) atoms. The SMILES string of the molecule is COCC(CO)N1CCc2ccccc2C1=O. The lowest BCUT2D eigenvalue weighted by atomic mass is 9.98. The summed E-state index contributed by atoms with van der Waals surface area (Å²) in [6.45, 7) is 0.941. The molecule has 1 unspecified atom stereocenters. The van der Waals surface area contributed by atoms with E-state index in [0.717, 1.165) is 17.5 Å². The van der Waals surface area contributed by atoms with Crippen molar-refractivity contribution in [1.29, 1.82) is 0 Å². The van der Waals surface area contributed by atoms with Crippen molar-refractivity contribution in [3.8, 4) is 0 Å². The Balaban J connectivity index is 2.22. The van der Waals surface area contributed by atoms with Gasteiger partial charge in [0.25, 0.3) is 5.91 Å². The van der Waals surface area contributed by atoms with Crippen LogP contribution in [0.2, 0.25) is 0 Å². The summed E-state index contributed by atoms with van der Waals surface area (Å²) in [6, 6.07) is 7.38. The molecule has 1 aromatic carbocycles. The number of aliphatic hydroxyl groups is 1. The normalized spacial score (nSPS) is 16.8. The third kappa shape index (κ3) is 2.33. The molecule has 0 aromatic heterocycles. The highest BCUT2D eigenvalue weighted by atomic mass is 16.5. The molecule has 0 aliphatic carbocycles. The molecule has 0 spiro atoms. The molecule has 0 saturated heterocycles. The van der Waals surface area contributed by atoms with E-state index in [-0.39, 0.29) is 18.6 Å². The number of ether oxygens (including phenoxy) is 1. The average Bonchev–Trinajstić information content (AvgIpc) is 2.37. The maximum Gasteiger partial charge on any atom is 0.254 e. The third-order valence-electron chi connectivity index (χ3n) is 3.14. The van der Waals surface area contributed by atoms with E-state index in [1.165, 1.54) is 0 Å². The van der Waals surface area contributed by atoms with Crippen LogP contribution in [-0.2, 0) is 11.2 Å². The van der Waals surface area contributed by atoms with Crippen LogP contribution in [0, 0.1) is 0 Å². The van der Waals surface area contributed by atoms with Crippen LogP contribution in [0.4, 0.5) is 0 Å². The van der Waals surface area contributed by atoms with E-state index < -0.39 is 0 Å². The van der Waals surface area contributed by atoms with Gasteiger partial charge in [-0.15, -0.1) is 0 Å². The van der Waals surface area contributed by atoms with Crippen molar-refractivity contribution in [2.75, 3.05) is 26.9 Å². The van der Waals surface area contributed by atoms with E-state index in [1.807, 2.05) is 24.3 Å². The Morgan fingerprint density at radius 3 is 2.94 bits per heavy atom. The summed E-state index contributed by atoms with van der Waals surface area (Å²) >= 11 is 0. The number of methoxy groups -OCH3 is 1. The highest BCUT2D eigenvalue weighted by molar-refractivity contribution is 5.96. The Morgan fingerprint density at radius 1 is 1.47 bits per heavy atom. The summed E-state index contributed by atoms with van der Waals surface area (Å²) < 4.78 is 5.03. The molecule has 1 amide bonds. The minimum absolute atomic E-state index is 0.0112. The molecule has 2 rings (SSSR count). The molecule has 0 saturated carbocycles. The van der Waals surface area contributed by atoms with Crippen LogP contribution in [0.1, 0.15) is 15.9 Å². The van der Waals surface area contributed by atoms with Gasteiger partial charge in [-0.1, -0.05) is 18.2 Å². The lowest BCUT2D eigenvalue weighted by molar-refractivity contribution is 0.0359. The third-order valence-corrected chi connectivity index (χ3v) is 3.14. The van der Waals surface area contributed by atoms with E-state index in [2.05, 4.69) is 0 Å². The first-order chi connectivity index (χ1) is 8.27. The van der Waals surface area contributed by atoms with Gasteiger partial charge in [-0.05, 0) is 18.1 Å². The minimum atomic E-state index is -0.249. The van der Waals surface area contributed by atoms with Gasteiger partial charge in [0, 0.05) is 19.2 Å². The molecule has 0 bridgehead atoms. The Labute approximate surface area is 101 Å². The lowest BCUT2D eigenvalue weighted by Gasteiger charge is -2.34. The number of benzene rings is 1. The molecule has 0 radical (unpaired) electrons. The van der Waals surface area contributed by atoms with Crippen LogP contribution in [0.3, 0.4) is 0 Å². The monoisotopic (exact) mass is 235 g/mol. The molecule has 1 heterocycles. The first kappa shape index (κ1) is 12.1. The van der Waals surface area contributed by atoms with Crippen LogP contribution in [-0.4, -0.2) is 48.8 Å². The van der Waals surface area contributed by atoms with E-state index >= 15 is 0 Å². The van der Waals surface area contributed by atoms with Crippen molar-refractivity contribution in [3.63, 3.8) is 0 Å². The van der Waals surface area contributed by atoms with E-state index in [4.69, 9.17) is 4.74 Å². The molecule has 0 fully saturated rings. The second-order valence-electron chi connectivity index (χ2n) is 4.20. The lowest BCUT2D eigenvalue weighted by Crippen LogP contribution is -2.48. The highest BCUT2D eigenvalue weighted by Crippen LogP contribution is 2.20. The smallest absolute Gasteiger partial charge is 0.254 e. The quantitative estimate of drug-likeness (QED) is 0.835. The molecular weight excluding hydrogens is 218 g/mol. The maximum atomic E-state index is 12.3. The summed E-state index contributed by atoms with van der Waals surface area (Å²) in [5.74, 6) is -0.0112. The van der Waals surface area contributed by atoms with E-state index in [1.54, 1.807) is 12.0 Å². The number of rotatable bonds is 4. The summed E-state index contributed by atoms with van der Waals surface area (Å²) in [7, 11) is 1.57. The van der Waals surface area contributed by atoms with Gasteiger partial charge in [0.15, 0.2) is 0 Å². The van der Waals surface area contributed by atoms with Crippen LogP contribution in [0.15, 0.2) is 24.3 Å². The molecule has 1 aliphatic rings. The zero-order chi connectivity index (χ0) is 12.3. The van der Waals surface area contributed by atoms with Gasteiger partial charge in [0.05, 0.1) is 19.3 Å². The fraction of sp³-hybridized carbons (Fsp3) is 0.462. The average molecular weight is 235 g/mol. The van der Waals surface area contributed by atoms with Crippen molar-refractivity contribution < 1.29 is 14.6 Å². The first-order valence-corrected chi connectivity index (χ1v) is 5.76. The van der Waals surface area contributed by atoms with Gasteiger partial charge in [-0.3, -0.25) is 4.79 Å². The van der Waals surface area contributed by atoms with E-state index in [9.17, 15) is 9.90 Å². The molecular formula is C13H17NO3. The summed E-state index contributed by atoms with van der Waals surface area (Å²) in [6.07, 6.45) is 0.835. The Kier molecular flexibility index (Phi) is 3.76. The Morgan fingerprint density at radius 2 is 2.24 bits per heavy atom. The molecule has 1 aromatic rings. The van der Waals surface area contributed by atoms with Crippen LogP contribution >= 0.6 is 0 Å². The zero-order valence-electron chi connectivity index (χ0n) is 9.93. The summed E-state index contributed by atoms with van der Waals surface area (Å²) in [5.41, 5.74) is 1.83. The second kappa shape index (κ2) is 5.29. The summed E-state index contributed by atoms with van der Waals surface area (Å²) in [4.78, 5) is 14.0.